The van der Waals surface area contributed by atoms with Crippen molar-refractivity contribution in [2.45, 2.75) is 120 Å². The lowest BCUT2D eigenvalue weighted by Gasteiger charge is -2.29. The van der Waals surface area contributed by atoms with E-state index < -0.39 is 108 Å². The number of carbonyl (C=O) groups is 7. The molecule has 0 spiro atoms. The van der Waals surface area contributed by atoms with Crippen molar-refractivity contribution >= 4 is 68.4 Å². The molecule has 18 nitrogen and oxygen atoms in total. The van der Waals surface area contributed by atoms with Crippen LogP contribution in [-0.2, 0) is 52.8 Å². The third-order valence-electron chi connectivity index (χ3n) is 12.5. The van der Waals surface area contributed by atoms with Crippen molar-refractivity contribution in [1.29, 1.82) is 0 Å². The molecule has 0 radical (unpaired) electrons. The molecule has 6 amide bonds. The van der Waals surface area contributed by atoms with Crippen LogP contribution >= 0.6 is 21.6 Å². The van der Waals surface area contributed by atoms with Crippen LogP contribution in [0.4, 0.5) is 0 Å². The van der Waals surface area contributed by atoms with Gasteiger partial charge in [-0.05, 0) is 80.3 Å². The molecule has 5 rings (SSSR count). The Hall–Kier alpha value is -5.61. The van der Waals surface area contributed by atoms with E-state index in [-0.39, 0.29) is 50.2 Å². The van der Waals surface area contributed by atoms with Gasteiger partial charge >= 0.3 is 0 Å². The van der Waals surface area contributed by atoms with Crippen LogP contribution in [0.25, 0.3) is 5.57 Å². The number of aliphatic hydroxyl groups excluding tert-OH is 3. The molecule has 1 saturated heterocycles. The second-order valence-corrected chi connectivity index (χ2v) is 20.6. The van der Waals surface area contributed by atoms with Gasteiger partial charge in [0, 0.05) is 43.3 Å². The van der Waals surface area contributed by atoms with Crippen molar-refractivity contribution in [2.75, 3.05) is 24.7 Å². The number of amides is 6. The largest absolute Gasteiger partial charge is 0.396 e. The van der Waals surface area contributed by atoms with Crippen LogP contribution < -0.4 is 43.4 Å². The van der Waals surface area contributed by atoms with E-state index in [0.717, 1.165) is 43.9 Å². The molecule has 10 atom stereocenters. The van der Waals surface area contributed by atoms with Gasteiger partial charge in [0.25, 0.3) is 0 Å². The van der Waals surface area contributed by atoms with Gasteiger partial charge < -0.3 is 58.7 Å². The van der Waals surface area contributed by atoms with E-state index in [9.17, 15) is 48.9 Å². The maximum atomic E-state index is 14.7. The number of nitrogens with two attached hydrogens (primary N) is 2. The van der Waals surface area contributed by atoms with Gasteiger partial charge in [0.15, 0.2) is 5.78 Å². The molecule has 0 bridgehead atoms. The summed E-state index contributed by atoms with van der Waals surface area (Å²) in [5.74, 6) is -6.36. The molecule has 1 heterocycles. The van der Waals surface area contributed by atoms with Gasteiger partial charge in [-0.1, -0.05) is 113 Å². The molecular formula is C51H68N8O10S2. The molecule has 1 unspecified atom stereocenters. The average molecular weight is 1020 g/mol. The Labute approximate surface area is 422 Å². The lowest BCUT2D eigenvalue weighted by Crippen LogP contribution is -2.61. The van der Waals surface area contributed by atoms with Crippen LogP contribution in [0.5, 0.6) is 0 Å². The highest BCUT2D eigenvalue weighted by molar-refractivity contribution is 8.76. The summed E-state index contributed by atoms with van der Waals surface area (Å²) in [6.45, 7) is 2.44. The van der Waals surface area contributed by atoms with Crippen LogP contribution in [0, 0.1) is 5.92 Å². The first-order valence-corrected chi connectivity index (χ1v) is 26.4. The fourth-order valence-electron chi connectivity index (χ4n) is 8.19. The smallest absolute Gasteiger partial charge is 0.245 e. The predicted molar refractivity (Wildman–Crippen MR) is 274 cm³/mol. The summed E-state index contributed by atoms with van der Waals surface area (Å²) >= 11 is 0. The van der Waals surface area contributed by atoms with E-state index in [1.807, 2.05) is 60.7 Å². The van der Waals surface area contributed by atoms with Crippen LogP contribution in [0.1, 0.15) is 68.2 Å². The molecular weight excluding hydrogens is 949 g/mol. The molecule has 1 fully saturated rings. The van der Waals surface area contributed by atoms with Crippen molar-refractivity contribution in [3.05, 3.63) is 113 Å². The molecule has 0 aromatic heterocycles. The maximum Gasteiger partial charge on any atom is 0.245 e. The first kappa shape index (κ1) is 56.3. The molecule has 0 saturated carbocycles. The van der Waals surface area contributed by atoms with Crippen molar-refractivity contribution in [3.8, 4) is 0 Å². The second kappa shape index (κ2) is 28.4. The minimum Gasteiger partial charge on any atom is -0.396 e. The number of hydrogen-bond acceptors (Lipinski definition) is 14. The lowest BCUT2D eigenvalue weighted by atomic mass is 9.95. The standard InChI is InChI=1S/C51H68N8O10S2/c1-30(61)36(27-60)26-44(63)42-28-70-71-29-43(58-46(64)38(53)23-32-13-5-3-6-14-32)50(68)55-40(24-33-15-7-4-8-16-33)48(66)56-41(25-35-21-20-34-17-9-10-18-37(34)35)49(67)54-39(19-11-12-22-52)47(65)59-45(31(2)62)51(69)57-42/h3-10,13-18,21,30-31,36,38-43,45,60-62H,11-12,19-20,22-29,52-53H2,1-2H3,(H,54,67)(H,55,68)(H,56,66)(H,57,69)(H,58,64)(H,59,65)/t30-,31?,36-,38-,39+,40+,41-,42+,43+,45+/m1/s1. The van der Waals surface area contributed by atoms with E-state index in [1.165, 1.54) is 13.8 Å². The number of Topliss-reactive ketones (excluding diaryl/α,β-unsaturated/α-hetero) is 1. The number of carbonyl (C=O) groups excluding carboxylic acids is 7. The molecule has 71 heavy (non-hydrogen) atoms. The molecule has 13 N–H and O–H groups in total. The third-order valence-corrected chi connectivity index (χ3v) is 14.9. The Morgan fingerprint density at radius 3 is 1.96 bits per heavy atom. The van der Waals surface area contributed by atoms with Gasteiger partial charge in [-0.25, -0.2) is 0 Å². The predicted octanol–water partition coefficient (Wildman–Crippen LogP) is 0.591. The summed E-state index contributed by atoms with van der Waals surface area (Å²) in [7, 11) is 2.14. The van der Waals surface area contributed by atoms with E-state index in [1.54, 1.807) is 30.3 Å². The summed E-state index contributed by atoms with van der Waals surface area (Å²) in [4.78, 5) is 99.8. The Bertz CT molecular complexity index is 2310. The molecule has 384 valence electrons. The van der Waals surface area contributed by atoms with Crippen molar-refractivity contribution < 1.29 is 48.9 Å². The number of unbranched alkanes of at least 4 members (excludes halogenated alkanes) is 1. The molecule has 1 aliphatic carbocycles. The number of fused-ring (bicyclic) bond motifs is 1. The minimum absolute atomic E-state index is 0.0100. The number of allylic oxidation sites excluding steroid dienone is 1. The Morgan fingerprint density at radius 1 is 0.718 bits per heavy atom. The molecule has 2 aliphatic rings. The van der Waals surface area contributed by atoms with E-state index in [2.05, 4.69) is 31.9 Å². The Kier molecular flexibility index (Phi) is 22.6. The van der Waals surface area contributed by atoms with Crippen LogP contribution in [0.3, 0.4) is 0 Å². The Morgan fingerprint density at radius 2 is 1.31 bits per heavy atom. The number of hydrogen-bond donors (Lipinski definition) is 11. The average Bonchev–Trinajstić information content (AvgIpc) is 3.76. The highest BCUT2D eigenvalue weighted by Crippen LogP contribution is 2.31. The topological polar surface area (TPSA) is 304 Å². The number of aliphatic hydroxyl groups is 3. The third kappa shape index (κ3) is 17.3. The van der Waals surface area contributed by atoms with E-state index in [0.29, 0.717) is 24.8 Å². The molecule has 20 heteroatoms. The molecule has 1 aliphatic heterocycles. The van der Waals surface area contributed by atoms with Gasteiger partial charge in [0.05, 0.1) is 24.3 Å². The number of nitrogens with one attached hydrogen (secondary N) is 6. The summed E-state index contributed by atoms with van der Waals surface area (Å²) in [6.07, 6.45) is 0.632. The summed E-state index contributed by atoms with van der Waals surface area (Å²) in [6, 6.07) is 16.4. The number of rotatable bonds is 18. The fraction of sp³-hybridized carbons (Fsp3) is 0.471. The number of ketones is 1. The Balaban J connectivity index is 1.56. The molecule has 3 aromatic carbocycles. The molecule has 3 aromatic rings. The van der Waals surface area contributed by atoms with Gasteiger partial charge in [-0.2, -0.15) is 0 Å². The monoisotopic (exact) mass is 1020 g/mol. The van der Waals surface area contributed by atoms with Crippen LogP contribution in [0.2, 0.25) is 0 Å². The summed E-state index contributed by atoms with van der Waals surface area (Å²) in [5, 5.41) is 47.6. The summed E-state index contributed by atoms with van der Waals surface area (Å²) in [5.41, 5.74) is 16.3. The van der Waals surface area contributed by atoms with E-state index >= 15 is 0 Å². The minimum atomic E-state index is -1.63. The highest BCUT2D eigenvalue weighted by Gasteiger charge is 2.37. The van der Waals surface area contributed by atoms with Gasteiger partial charge in [-0.15, -0.1) is 0 Å². The van der Waals surface area contributed by atoms with Gasteiger partial charge in [0.1, 0.15) is 30.2 Å². The normalized spacial score (nSPS) is 23.5. The zero-order valence-corrected chi connectivity index (χ0v) is 41.7. The van der Waals surface area contributed by atoms with Crippen LogP contribution in [0.15, 0.2) is 91.0 Å². The van der Waals surface area contributed by atoms with Crippen LogP contribution in [-0.4, -0.2) is 136 Å². The number of benzene rings is 3. The SMILES string of the molecule is CC(O)[C@@H]1NC(=O)[C@H](CCCCN)NC(=O)[C@@H](CC2=CCc3ccccc32)NC(=O)[C@H](Cc2ccccc2)NC(=O)[C@@H](NC(=O)[C@H](N)Cc2ccccc2)CSSC[C@@H](C(=O)C[C@H](CO)[C@@H](C)O)NC1=O. The second-order valence-electron chi connectivity index (χ2n) is 18.0. The van der Waals surface area contributed by atoms with Crippen molar-refractivity contribution in [3.63, 3.8) is 0 Å². The first-order chi connectivity index (χ1) is 34.1. The fourth-order valence-corrected chi connectivity index (χ4v) is 10.6. The van der Waals surface area contributed by atoms with Gasteiger partial charge in [-0.3, -0.25) is 33.6 Å². The quantitative estimate of drug-likeness (QED) is 0.0615. The first-order valence-electron chi connectivity index (χ1n) is 24.0. The van der Waals surface area contributed by atoms with E-state index in [4.69, 9.17) is 11.5 Å². The van der Waals surface area contributed by atoms with Crippen molar-refractivity contribution in [2.24, 2.45) is 17.4 Å². The van der Waals surface area contributed by atoms with Gasteiger partial charge in [0.2, 0.25) is 35.4 Å². The highest BCUT2D eigenvalue weighted by atomic mass is 33.1. The zero-order chi connectivity index (χ0) is 51.5. The lowest BCUT2D eigenvalue weighted by molar-refractivity contribution is -0.136. The van der Waals surface area contributed by atoms with Crippen molar-refractivity contribution in [1.82, 2.24) is 31.9 Å². The summed E-state index contributed by atoms with van der Waals surface area (Å²) < 4.78 is 0. The zero-order valence-electron chi connectivity index (χ0n) is 40.1. The maximum absolute atomic E-state index is 14.7.